The molecular formula is C33H31ClF4N6O3S. The predicted octanol–water partition coefficient (Wildman–Crippen LogP) is 5.75. The third-order valence-electron chi connectivity index (χ3n) is 8.40. The number of hydrogen-bond donors (Lipinski definition) is 1. The van der Waals surface area contributed by atoms with Gasteiger partial charge in [0.05, 0.1) is 34.2 Å². The first-order valence-corrected chi connectivity index (χ1v) is 17.1. The Bertz CT molecular complexity index is 1900. The summed E-state index contributed by atoms with van der Waals surface area (Å²) < 4.78 is 82.2. The fourth-order valence-corrected chi connectivity index (χ4v) is 8.07. The van der Waals surface area contributed by atoms with Crippen LogP contribution < -0.4 is 15.1 Å². The van der Waals surface area contributed by atoms with Crippen LogP contribution in [0.15, 0.2) is 83.8 Å². The molecule has 1 aromatic heterocycles. The van der Waals surface area contributed by atoms with E-state index in [-0.39, 0.29) is 28.8 Å². The molecular weight excluding hydrogens is 672 g/mol. The Hall–Kier alpha value is -4.27. The van der Waals surface area contributed by atoms with Crippen LogP contribution in [-0.2, 0) is 27.5 Å². The molecule has 0 saturated carbocycles. The van der Waals surface area contributed by atoms with E-state index in [1.807, 2.05) is 9.80 Å². The maximum Gasteiger partial charge on any atom is 0.416 e. The Morgan fingerprint density at radius 1 is 0.896 bits per heavy atom. The number of amides is 1. The highest BCUT2D eigenvalue weighted by atomic mass is 35.5. The standard InChI is InChI=1S/C33H31ClF4N6O3S/c34-25-6-1-4-10-30(25)48(46,47)44-15-5-9-29(44)31(45)39-21-24-20-27(22-11-13-23(14-12-22)33(36,37)38)41-32(40-24)43-18-16-42(17-19-43)28-8-3-2-7-26(28)35/h1-4,6-8,10-14,20,29H,5,9,15-19,21H2,(H,39,45). The van der Waals surface area contributed by atoms with Gasteiger partial charge in [0.1, 0.15) is 16.8 Å². The Morgan fingerprint density at radius 2 is 1.56 bits per heavy atom. The van der Waals surface area contributed by atoms with E-state index < -0.39 is 33.7 Å². The Morgan fingerprint density at radius 3 is 2.25 bits per heavy atom. The van der Waals surface area contributed by atoms with Gasteiger partial charge in [-0.3, -0.25) is 4.79 Å². The number of para-hydroxylation sites is 1. The van der Waals surface area contributed by atoms with Gasteiger partial charge in [-0.1, -0.05) is 48.0 Å². The molecule has 4 aromatic rings. The second-order valence-corrected chi connectivity index (χ2v) is 13.7. The Kier molecular flexibility index (Phi) is 9.59. The van der Waals surface area contributed by atoms with E-state index >= 15 is 0 Å². The normalized spacial score (nSPS) is 17.5. The van der Waals surface area contributed by atoms with Gasteiger partial charge in [-0.15, -0.1) is 0 Å². The van der Waals surface area contributed by atoms with E-state index in [9.17, 15) is 30.8 Å². The van der Waals surface area contributed by atoms with Crippen molar-refractivity contribution in [1.29, 1.82) is 0 Å². The average Bonchev–Trinajstić information content (AvgIpc) is 3.59. The molecule has 48 heavy (non-hydrogen) atoms. The molecule has 3 aromatic carbocycles. The number of piperazine rings is 1. The maximum absolute atomic E-state index is 14.4. The lowest BCUT2D eigenvalue weighted by Gasteiger charge is -2.36. The summed E-state index contributed by atoms with van der Waals surface area (Å²) in [7, 11) is -4.05. The topological polar surface area (TPSA) is 98.7 Å². The number of benzene rings is 3. The van der Waals surface area contributed by atoms with Crippen molar-refractivity contribution in [3.05, 3.63) is 101 Å². The molecule has 3 heterocycles. The number of carbonyl (C=O) groups is 1. The summed E-state index contributed by atoms with van der Waals surface area (Å²) in [6.45, 7) is 1.88. The zero-order chi connectivity index (χ0) is 34.1. The molecule has 2 saturated heterocycles. The van der Waals surface area contributed by atoms with E-state index in [1.165, 1.54) is 30.3 Å². The van der Waals surface area contributed by atoms with Gasteiger partial charge in [-0.05, 0) is 55.3 Å². The number of carbonyl (C=O) groups excluding carboxylic acids is 1. The largest absolute Gasteiger partial charge is 0.416 e. The zero-order valence-electron chi connectivity index (χ0n) is 25.5. The molecule has 1 unspecified atom stereocenters. The molecule has 2 aliphatic rings. The van der Waals surface area contributed by atoms with Crippen molar-refractivity contribution in [1.82, 2.24) is 19.6 Å². The van der Waals surface area contributed by atoms with Gasteiger partial charge in [0, 0.05) is 38.3 Å². The van der Waals surface area contributed by atoms with Crippen LogP contribution in [0.3, 0.4) is 0 Å². The molecule has 1 N–H and O–H groups in total. The quantitative estimate of drug-likeness (QED) is 0.234. The first-order chi connectivity index (χ1) is 22.9. The lowest BCUT2D eigenvalue weighted by Crippen LogP contribution is -2.47. The second-order valence-electron chi connectivity index (χ2n) is 11.5. The van der Waals surface area contributed by atoms with Crippen LogP contribution in [0.1, 0.15) is 24.1 Å². The number of rotatable bonds is 8. The van der Waals surface area contributed by atoms with Crippen molar-refractivity contribution in [2.24, 2.45) is 0 Å². The molecule has 15 heteroatoms. The number of halogens is 5. The van der Waals surface area contributed by atoms with E-state index in [1.54, 1.807) is 36.4 Å². The third kappa shape index (κ3) is 7.10. The number of nitrogens with one attached hydrogen (secondary N) is 1. The predicted molar refractivity (Wildman–Crippen MR) is 174 cm³/mol. The molecule has 0 aliphatic carbocycles. The molecule has 1 atom stereocenters. The number of sulfonamides is 1. The number of nitrogens with zero attached hydrogens (tertiary/aromatic N) is 5. The van der Waals surface area contributed by atoms with Crippen molar-refractivity contribution in [2.75, 3.05) is 42.5 Å². The summed E-state index contributed by atoms with van der Waals surface area (Å²) in [6, 6.07) is 17.7. The van der Waals surface area contributed by atoms with Crippen molar-refractivity contribution < 1.29 is 30.8 Å². The molecule has 1 amide bonds. The first-order valence-electron chi connectivity index (χ1n) is 15.3. The number of alkyl halides is 3. The van der Waals surface area contributed by atoms with E-state index in [2.05, 4.69) is 15.3 Å². The monoisotopic (exact) mass is 702 g/mol. The van der Waals surface area contributed by atoms with Gasteiger partial charge in [-0.25, -0.2) is 22.8 Å². The number of aromatic nitrogens is 2. The molecule has 0 radical (unpaired) electrons. The Labute approximate surface area is 280 Å². The Balaban J connectivity index is 1.23. The second kappa shape index (κ2) is 13.7. The van der Waals surface area contributed by atoms with Crippen molar-refractivity contribution >= 4 is 39.2 Å². The summed E-state index contributed by atoms with van der Waals surface area (Å²) >= 11 is 6.18. The third-order valence-corrected chi connectivity index (χ3v) is 10.8. The van der Waals surface area contributed by atoms with Crippen molar-refractivity contribution in [2.45, 2.75) is 36.5 Å². The molecule has 2 aliphatic heterocycles. The van der Waals surface area contributed by atoms with Gasteiger partial charge < -0.3 is 15.1 Å². The van der Waals surface area contributed by atoms with Crippen LogP contribution in [0.4, 0.5) is 29.2 Å². The summed E-state index contributed by atoms with van der Waals surface area (Å²) in [5.74, 6) is -0.545. The van der Waals surface area contributed by atoms with Crippen LogP contribution in [0.25, 0.3) is 11.3 Å². The highest BCUT2D eigenvalue weighted by Gasteiger charge is 2.40. The average molecular weight is 703 g/mol. The molecule has 6 rings (SSSR count). The first kappa shape index (κ1) is 33.6. The summed E-state index contributed by atoms with van der Waals surface area (Å²) in [5.41, 5.74) is 0.816. The fourth-order valence-electron chi connectivity index (χ4n) is 5.91. The number of anilines is 2. The highest BCUT2D eigenvalue weighted by Crippen LogP contribution is 2.32. The van der Waals surface area contributed by atoms with Gasteiger partial charge in [-0.2, -0.15) is 17.5 Å². The summed E-state index contributed by atoms with van der Waals surface area (Å²) in [5, 5.41) is 2.85. The minimum atomic E-state index is -4.50. The van der Waals surface area contributed by atoms with E-state index in [4.69, 9.17) is 11.6 Å². The fraction of sp³-hybridized carbons (Fsp3) is 0.303. The van der Waals surface area contributed by atoms with Crippen LogP contribution in [0.5, 0.6) is 0 Å². The van der Waals surface area contributed by atoms with E-state index in [0.717, 1.165) is 16.4 Å². The van der Waals surface area contributed by atoms with Crippen LogP contribution in [0.2, 0.25) is 5.02 Å². The summed E-state index contributed by atoms with van der Waals surface area (Å²) in [4.78, 5) is 26.5. The van der Waals surface area contributed by atoms with Crippen molar-refractivity contribution in [3.8, 4) is 11.3 Å². The van der Waals surface area contributed by atoms with Gasteiger partial charge >= 0.3 is 6.18 Å². The molecule has 9 nitrogen and oxygen atoms in total. The SMILES string of the molecule is O=C(NCc1cc(-c2ccc(C(F)(F)F)cc2)nc(N2CCN(c3ccccc3F)CC2)n1)C1CCCN1S(=O)(=O)c1ccccc1Cl. The van der Waals surface area contributed by atoms with Gasteiger partial charge in [0.2, 0.25) is 21.9 Å². The highest BCUT2D eigenvalue weighted by molar-refractivity contribution is 7.89. The smallest absolute Gasteiger partial charge is 0.366 e. The van der Waals surface area contributed by atoms with Crippen LogP contribution >= 0.6 is 11.6 Å². The molecule has 2 fully saturated rings. The lowest BCUT2D eigenvalue weighted by molar-refractivity contribution is -0.137. The van der Waals surface area contributed by atoms with Crippen LogP contribution in [0, 0.1) is 5.82 Å². The van der Waals surface area contributed by atoms with Crippen molar-refractivity contribution in [3.63, 3.8) is 0 Å². The van der Waals surface area contributed by atoms with Crippen LogP contribution in [-0.4, -0.2) is 67.4 Å². The minimum absolute atomic E-state index is 0.0580. The zero-order valence-corrected chi connectivity index (χ0v) is 27.1. The van der Waals surface area contributed by atoms with Gasteiger partial charge in [0.15, 0.2) is 0 Å². The number of hydrogen-bond acceptors (Lipinski definition) is 7. The molecule has 0 spiro atoms. The van der Waals surface area contributed by atoms with E-state index in [0.29, 0.717) is 67.6 Å². The minimum Gasteiger partial charge on any atom is -0.366 e. The lowest BCUT2D eigenvalue weighted by atomic mass is 10.1. The maximum atomic E-state index is 14.4. The molecule has 252 valence electrons. The summed E-state index contributed by atoms with van der Waals surface area (Å²) in [6.07, 6.45) is -3.71. The van der Waals surface area contributed by atoms with Gasteiger partial charge in [0.25, 0.3) is 0 Å². The molecule has 0 bridgehead atoms.